The average Bonchev–Trinajstić information content (AvgIpc) is 2.25. The molecule has 0 aliphatic carbocycles. The summed E-state index contributed by atoms with van der Waals surface area (Å²) in [7, 11) is 0. The van der Waals surface area contributed by atoms with Gasteiger partial charge < -0.3 is 5.32 Å². The smallest absolute Gasteiger partial charge is 0.217 e. The lowest BCUT2D eigenvalue weighted by Gasteiger charge is -2.04. The minimum Gasteiger partial charge on any atom is -0.353 e. The Morgan fingerprint density at radius 3 is 2.44 bits per heavy atom. The molecule has 2 nitrogen and oxygen atoms in total. The average molecular weight is 217 g/mol. The van der Waals surface area contributed by atoms with E-state index in [9.17, 15) is 4.79 Å². The molecular weight excluding hydrogens is 198 g/mol. The SMILES string of the molecule is CC(=O)NCC=Cc1ccc(C(C)C)cc1. The Bertz CT molecular complexity index is 363. The van der Waals surface area contributed by atoms with E-state index in [-0.39, 0.29) is 5.91 Å². The van der Waals surface area contributed by atoms with Crippen LogP contribution in [0.4, 0.5) is 0 Å². The number of carbonyl (C=O) groups is 1. The number of hydrogen-bond acceptors (Lipinski definition) is 1. The molecule has 0 aliphatic rings. The van der Waals surface area contributed by atoms with Crippen molar-refractivity contribution >= 4 is 12.0 Å². The van der Waals surface area contributed by atoms with Crippen molar-refractivity contribution in [2.45, 2.75) is 26.7 Å². The van der Waals surface area contributed by atoms with Crippen LogP contribution in [0.15, 0.2) is 30.3 Å². The summed E-state index contributed by atoms with van der Waals surface area (Å²) in [6.45, 7) is 6.47. The maximum Gasteiger partial charge on any atom is 0.217 e. The molecule has 1 rings (SSSR count). The number of carbonyl (C=O) groups excluding carboxylic acids is 1. The number of nitrogens with one attached hydrogen (secondary N) is 1. The molecule has 0 heterocycles. The second kappa shape index (κ2) is 6.11. The van der Waals surface area contributed by atoms with Crippen molar-refractivity contribution in [3.05, 3.63) is 41.5 Å². The van der Waals surface area contributed by atoms with Crippen LogP contribution in [0.2, 0.25) is 0 Å². The van der Waals surface area contributed by atoms with Crippen LogP contribution in [-0.4, -0.2) is 12.5 Å². The topological polar surface area (TPSA) is 29.1 Å². The van der Waals surface area contributed by atoms with E-state index in [1.165, 1.54) is 12.5 Å². The third-order valence-electron chi connectivity index (χ3n) is 2.38. The molecule has 0 saturated carbocycles. The highest BCUT2D eigenvalue weighted by Crippen LogP contribution is 2.15. The first-order chi connectivity index (χ1) is 7.59. The summed E-state index contributed by atoms with van der Waals surface area (Å²) in [4.78, 5) is 10.6. The van der Waals surface area contributed by atoms with Crippen molar-refractivity contribution < 1.29 is 4.79 Å². The molecule has 0 radical (unpaired) electrons. The maximum absolute atomic E-state index is 10.6. The highest BCUT2D eigenvalue weighted by molar-refractivity contribution is 5.73. The fourth-order valence-electron chi connectivity index (χ4n) is 1.39. The van der Waals surface area contributed by atoms with E-state index in [0.29, 0.717) is 12.5 Å². The molecule has 2 heteroatoms. The maximum atomic E-state index is 10.6. The fourth-order valence-corrected chi connectivity index (χ4v) is 1.39. The van der Waals surface area contributed by atoms with Crippen LogP contribution in [-0.2, 0) is 4.79 Å². The number of amides is 1. The molecule has 0 aliphatic heterocycles. The van der Waals surface area contributed by atoms with Gasteiger partial charge in [-0.1, -0.05) is 50.3 Å². The summed E-state index contributed by atoms with van der Waals surface area (Å²) < 4.78 is 0. The summed E-state index contributed by atoms with van der Waals surface area (Å²) in [6, 6.07) is 8.48. The third-order valence-corrected chi connectivity index (χ3v) is 2.38. The van der Waals surface area contributed by atoms with Gasteiger partial charge in [0.1, 0.15) is 0 Å². The Kier molecular flexibility index (Phi) is 4.77. The molecule has 0 aromatic heterocycles. The zero-order valence-electron chi connectivity index (χ0n) is 10.2. The van der Waals surface area contributed by atoms with Crippen molar-refractivity contribution in [2.24, 2.45) is 0 Å². The largest absolute Gasteiger partial charge is 0.353 e. The van der Waals surface area contributed by atoms with E-state index in [0.717, 1.165) is 5.56 Å². The quantitative estimate of drug-likeness (QED) is 0.825. The summed E-state index contributed by atoms with van der Waals surface area (Å²) >= 11 is 0. The molecule has 0 saturated heterocycles. The molecule has 0 fully saturated rings. The molecule has 0 unspecified atom stereocenters. The normalized spacial score (nSPS) is 11.0. The zero-order valence-corrected chi connectivity index (χ0v) is 10.2. The van der Waals surface area contributed by atoms with Crippen LogP contribution in [0, 0.1) is 0 Å². The highest BCUT2D eigenvalue weighted by Gasteiger charge is 1.96. The summed E-state index contributed by atoms with van der Waals surface area (Å²) in [5.74, 6) is 0.567. The second-order valence-corrected chi connectivity index (χ2v) is 4.16. The molecule has 16 heavy (non-hydrogen) atoms. The number of hydrogen-bond donors (Lipinski definition) is 1. The fraction of sp³-hybridized carbons (Fsp3) is 0.357. The summed E-state index contributed by atoms with van der Waals surface area (Å²) in [5.41, 5.74) is 2.51. The van der Waals surface area contributed by atoms with E-state index >= 15 is 0 Å². The van der Waals surface area contributed by atoms with Crippen LogP contribution in [0.5, 0.6) is 0 Å². The van der Waals surface area contributed by atoms with Crippen molar-refractivity contribution in [2.75, 3.05) is 6.54 Å². The molecule has 1 aromatic carbocycles. The molecule has 1 aromatic rings. The first-order valence-electron chi connectivity index (χ1n) is 5.60. The van der Waals surface area contributed by atoms with Gasteiger partial charge in [0.05, 0.1) is 0 Å². The highest BCUT2D eigenvalue weighted by atomic mass is 16.1. The van der Waals surface area contributed by atoms with E-state index in [1.54, 1.807) is 0 Å². The van der Waals surface area contributed by atoms with Gasteiger partial charge >= 0.3 is 0 Å². The van der Waals surface area contributed by atoms with E-state index < -0.39 is 0 Å². The van der Waals surface area contributed by atoms with E-state index in [4.69, 9.17) is 0 Å². The minimum atomic E-state index is -0.000180. The van der Waals surface area contributed by atoms with Gasteiger partial charge in [0, 0.05) is 13.5 Å². The summed E-state index contributed by atoms with van der Waals surface area (Å²) in [6.07, 6.45) is 3.96. The molecule has 0 bridgehead atoms. The lowest BCUT2D eigenvalue weighted by Crippen LogP contribution is -2.19. The molecule has 1 N–H and O–H groups in total. The lowest BCUT2D eigenvalue weighted by atomic mass is 10.0. The first kappa shape index (κ1) is 12.5. The van der Waals surface area contributed by atoms with Crippen LogP contribution >= 0.6 is 0 Å². The van der Waals surface area contributed by atoms with Crippen LogP contribution < -0.4 is 5.32 Å². The van der Waals surface area contributed by atoms with Gasteiger partial charge in [0.25, 0.3) is 0 Å². The van der Waals surface area contributed by atoms with Crippen molar-refractivity contribution in [3.8, 4) is 0 Å². The van der Waals surface area contributed by atoms with Crippen LogP contribution in [0.3, 0.4) is 0 Å². The standard InChI is InChI=1S/C14H19NO/c1-11(2)14-8-6-13(7-9-14)5-4-10-15-12(3)16/h4-9,11H,10H2,1-3H3,(H,15,16). The number of benzene rings is 1. The van der Waals surface area contributed by atoms with E-state index in [2.05, 4.69) is 43.4 Å². The second-order valence-electron chi connectivity index (χ2n) is 4.16. The lowest BCUT2D eigenvalue weighted by molar-refractivity contribution is -0.118. The Hall–Kier alpha value is -1.57. The Morgan fingerprint density at radius 1 is 1.31 bits per heavy atom. The molecule has 86 valence electrons. The van der Waals surface area contributed by atoms with Crippen molar-refractivity contribution in [1.82, 2.24) is 5.32 Å². The monoisotopic (exact) mass is 217 g/mol. The molecule has 0 atom stereocenters. The Labute approximate surface area is 97.4 Å². The van der Waals surface area contributed by atoms with Gasteiger partial charge in [0.15, 0.2) is 0 Å². The Balaban J connectivity index is 2.51. The minimum absolute atomic E-state index is 0.000180. The molecular formula is C14H19NO. The first-order valence-corrected chi connectivity index (χ1v) is 5.60. The van der Waals surface area contributed by atoms with Gasteiger partial charge in [-0.25, -0.2) is 0 Å². The predicted molar refractivity (Wildman–Crippen MR) is 68.2 cm³/mol. The van der Waals surface area contributed by atoms with E-state index in [1.807, 2.05) is 12.2 Å². The van der Waals surface area contributed by atoms with Crippen LogP contribution in [0.25, 0.3) is 6.08 Å². The third kappa shape index (κ3) is 4.30. The Morgan fingerprint density at radius 2 is 1.94 bits per heavy atom. The van der Waals surface area contributed by atoms with Crippen molar-refractivity contribution in [3.63, 3.8) is 0 Å². The van der Waals surface area contributed by atoms with Gasteiger partial charge in [-0.05, 0) is 17.0 Å². The molecule has 0 spiro atoms. The van der Waals surface area contributed by atoms with Gasteiger partial charge in [-0.3, -0.25) is 4.79 Å². The molecule has 1 amide bonds. The van der Waals surface area contributed by atoms with Crippen molar-refractivity contribution in [1.29, 1.82) is 0 Å². The zero-order chi connectivity index (χ0) is 12.0. The van der Waals surface area contributed by atoms with Gasteiger partial charge in [0.2, 0.25) is 5.91 Å². The van der Waals surface area contributed by atoms with Crippen LogP contribution in [0.1, 0.15) is 37.8 Å². The summed E-state index contributed by atoms with van der Waals surface area (Å²) in [5, 5.41) is 2.72. The number of rotatable bonds is 4. The predicted octanol–water partition coefficient (Wildman–Crippen LogP) is 2.96. The van der Waals surface area contributed by atoms with Gasteiger partial charge in [-0.15, -0.1) is 0 Å². The van der Waals surface area contributed by atoms with Gasteiger partial charge in [-0.2, -0.15) is 0 Å².